The van der Waals surface area contributed by atoms with Crippen LogP contribution in [0.2, 0.25) is 0 Å². The molecule has 5 nitrogen and oxygen atoms in total. The van der Waals surface area contributed by atoms with Crippen molar-refractivity contribution in [2.75, 3.05) is 5.73 Å². The Balaban J connectivity index is 2.21. The van der Waals surface area contributed by atoms with Crippen molar-refractivity contribution in [3.05, 3.63) is 40.1 Å². The first-order valence-electron chi connectivity index (χ1n) is 5.46. The minimum atomic E-state index is -0.0164. The minimum Gasteiger partial charge on any atom is -0.308 e. The Morgan fingerprint density at radius 2 is 2.06 bits per heavy atom. The molecule has 0 fully saturated rings. The van der Waals surface area contributed by atoms with Gasteiger partial charge in [-0.15, -0.1) is 4.68 Å². The summed E-state index contributed by atoms with van der Waals surface area (Å²) in [6.45, 7) is 1.99. The van der Waals surface area contributed by atoms with Crippen LogP contribution in [-0.4, -0.2) is 15.6 Å². The summed E-state index contributed by atoms with van der Waals surface area (Å²) >= 11 is 3.33. The zero-order valence-electron chi connectivity index (χ0n) is 10.2. The van der Waals surface area contributed by atoms with Crippen LogP contribution in [0.5, 0.6) is 0 Å². The maximum atomic E-state index is 12.1. The van der Waals surface area contributed by atoms with Crippen molar-refractivity contribution < 1.29 is 9.36 Å². The number of carbonyl (C=O) groups excluding carboxylic acids is 1. The summed E-state index contributed by atoms with van der Waals surface area (Å²) in [5.74, 6) is 1.23. The number of aryl methyl sites for hydroxylation is 1. The summed E-state index contributed by atoms with van der Waals surface area (Å²) in [5, 5.41) is 4.22. The van der Waals surface area contributed by atoms with Crippen molar-refractivity contribution in [2.24, 2.45) is 7.05 Å². The molecule has 94 valence electrons. The number of aromatic nitrogens is 3. The smallest absolute Gasteiger partial charge is 0.308 e. The molecular formula is C12H14BrN4O+. The van der Waals surface area contributed by atoms with E-state index in [9.17, 15) is 4.79 Å². The molecule has 0 aliphatic rings. The summed E-state index contributed by atoms with van der Waals surface area (Å²) in [6.07, 6.45) is 0. The van der Waals surface area contributed by atoms with Gasteiger partial charge in [0.25, 0.3) is 0 Å². The lowest BCUT2D eigenvalue weighted by Gasteiger charge is -1.99. The summed E-state index contributed by atoms with van der Waals surface area (Å²) in [6, 6.07) is 7.23. The van der Waals surface area contributed by atoms with Gasteiger partial charge in [0.2, 0.25) is 5.82 Å². The van der Waals surface area contributed by atoms with Crippen molar-refractivity contribution in [3.63, 3.8) is 0 Å². The fourth-order valence-corrected chi connectivity index (χ4v) is 1.88. The van der Waals surface area contributed by atoms with Crippen molar-refractivity contribution >= 4 is 27.7 Å². The second-order valence-electron chi connectivity index (χ2n) is 4.05. The van der Waals surface area contributed by atoms with E-state index in [0.717, 1.165) is 10.3 Å². The summed E-state index contributed by atoms with van der Waals surface area (Å²) < 4.78 is 4.20. The Morgan fingerprint density at radius 3 is 2.56 bits per heavy atom. The van der Waals surface area contributed by atoms with E-state index in [-0.39, 0.29) is 12.3 Å². The van der Waals surface area contributed by atoms with Gasteiger partial charge in [-0.3, -0.25) is 4.79 Å². The van der Waals surface area contributed by atoms with Crippen LogP contribution < -0.4 is 10.3 Å². The fraction of sp³-hybridized carbons (Fsp3) is 0.250. The summed E-state index contributed by atoms with van der Waals surface area (Å²) in [5.41, 5.74) is 6.50. The van der Waals surface area contributed by atoms with Crippen molar-refractivity contribution in [3.8, 4) is 0 Å². The number of halogens is 1. The van der Waals surface area contributed by atoms with Crippen LogP contribution in [0.15, 0.2) is 28.7 Å². The molecule has 1 aromatic heterocycles. The van der Waals surface area contributed by atoms with E-state index in [0.29, 0.717) is 11.5 Å². The molecule has 2 N–H and O–H groups in total. The van der Waals surface area contributed by atoms with Gasteiger partial charge in [-0.1, -0.05) is 28.1 Å². The summed E-state index contributed by atoms with van der Waals surface area (Å²) in [4.78, 5) is 12.1. The van der Waals surface area contributed by atoms with Gasteiger partial charge in [0.05, 0.1) is 7.05 Å². The number of hydrogen-bond donors (Lipinski definition) is 1. The quantitative estimate of drug-likeness (QED) is 0.685. The molecule has 0 saturated heterocycles. The molecule has 2 rings (SSSR count). The van der Waals surface area contributed by atoms with Gasteiger partial charge in [0.1, 0.15) is 0 Å². The molecule has 0 radical (unpaired) electrons. The predicted molar refractivity (Wildman–Crippen MR) is 71.0 cm³/mol. The number of carbonyl (C=O) groups is 1. The van der Waals surface area contributed by atoms with Crippen LogP contribution in [-0.2, 0) is 13.6 Å². The first-order valence-corrected chi connectivity index (χ1v) is 6.26. The normalized spacial score (nSPS) is 10.6. The van der Waals surface area contributed by atoms with E-state index < -0.39 is 0 Å². The molecule has 2 aromatic rings. The standard InChI is InChI=1S/C12H13BrN4O/c1-8-15-17(12(14)16(8)2)7-11(18)9-3-5-10(13)6-4-9/h3-6,14H,7H2,1-2H3/p+1. The Labute approximate surface area is 113 Å². The molecule has 0 aliphatic heterocycles. The second kappa shape index (κ2) is 4.89. The molecule has 0 amide bonds. The van der Waals surface area contributed by atoms with Gasteiger partial charge < -0.3 is 5.73 Å². The third-order valence-electron chi connectivity index (χ3n) is 2.82. The predicted octanol–water partition coefficient (Wildman–Crippen LogP) is 1.24. The summed E-state index contributed by atoms with van der Waals surface area (Å²) in [7, 11) is 1.82. The van der Waals surface area contributed by atoms with Gasteiger partial charge in [-0.2, -0.15) is 0 Å². The molecule has 0 unspecified atom stereocenters. The lowest BCUT2D eigenvalue weighted by molar-refractivity contribution is -0.663. The molecule has 0 atom stereocenters. The van der Waals surface area contributed by atoms with Crippen LogP contribution in [0.1, 0.15) is 16.2 Å². The molecule has 0 saturated carbocycles. The first kappa shape index (κ1) is 12.8. The molecule has 6 heteroatoms. The van der Waals surface area contributed by atoms with Crippen molar-refractivity contribution in [1.82, 2.24) is 9.78 Å². The zero-order chi connectivity index (χ0) is 13.3. The molecule has 1 heterocycles. The van der Waals surface area contributed by atoms with Gasteiger partial charge >= 0.3 is 5.95 Å². The van der Waals surface area contributed by atoms with Gasteiger partial charge in [0.15, 0.2) is 12.3 Å². The van der Waals surface area contributed by atoms with Crippen LogP contribution in [0.3, 0.4) is 0 Å². The molecule has 18 heavy (non-hydrogen) atoms. The van der Waals surface area contributed by atoms with Crippen LogP contribution in [0, 0.1) is 6.92 Å². The van der Waals surface area contributed by atoms with Crippen LogP contribution in [0.25, 0.3) is 0 Å². The number of anilines is 1. The van der Waals surface area contributed by atoms with Crippen LogP contribution >= 0.6 is 15.9 Å². The number of benzene rings is 1. The molecule has 0 bridgehead atoms. The molecule has 0 spiro atoms. The third-order valence-corrected chi connectivity index (χ3v) is 3.35. The van der Waals surface area contributed by atoms with Gasteiger partial charge in [-0.25, -0.2) is 4.57 Å². The molecule has 0 aliphatic carbocycles. The number of rotatable bonds is 3. The Bertz CT molecular complexity index is 589. The van der Waals surface area contributed by atoms with E-state index in [1.165, 1.54) is 4.68 Å². The van der Waals surface area contributed by atoms with Gasteiger partial charge in [-0.05, 0) is 17.2 Å². The SMILES string of the molecule is Cc1nn(CC(=O)c2ccc(Br)cc2)c(N)[n+]1C. The van der Waals surface area contributed by atoms with Crippen LogP contribution in [0.4, 0.5) is 5.95 Å². The highest BCUT2D eigenvalue weighted by molar-refractivity contribution is 9.10. The largest absolute Gasteiger partial charge is 0.342 e. The first-order chi connectivity index (χ1) is 8.49. The number of nitrogens with two attached hydrogens (primary N) is 1. The number of nitrogens with zero attached hydrogens (tertiary/aromatic N) is 3. The lowest BCUT2D eigenvalue weighted by Crippen LogP contribution is -2.33. The topological polar surface area (TPSA) is 64.8 Å². The minimum absolute atomic E-state index is 0.0164. The average molecular weight is 310 g/mol. The second-order valence-corrected chi connectivity index (χ2v) is 4.97. The highest BCUT2D eigenvalue weighted by Crippen LogP contribution is 2.11. The average Bonchev–Trinajstić information content (AvgIpc) is 2.58. The third kappa shape index (κ3) is 2.43. The number of hydrogen-bond acceptors (Lipinski definition) is 3. The molecule has 1 aromatic carbocycles. The Kier molecular flexibility index (Phi) is 3.47. The van der Waals surface area contributed by atoms with E-state index in [4.69, 9.17) is 5.73 Å². The number of ketones is 1. The zero-order valence-corrected chi connectivity index (χ0v) is 11.8. The maximum Gasteiger partial charge on any atom is 0.342 e. The highest BCUT2D eigenvalue weighted by atomic mass is 79.9. The highest BCUT2D eigenvalue weighted by Gasteiger charge is 2.19. The number of nitrogen functional groups attached to an aromatic ring is 1. The fourth-order valence-electron chi connectivity index (χ4n) is 1.61. The monoisotopic (exact) mass is 309 g/mol. The van der Waals surface area contributed by atoms with E-state index in [2.05, 4.69) is 21.0 Å². The maximum absolute atomic E-state index is 12.1. The lowest BCUT2D eigenvalue weighted by atomic mass is 10.1. The van der Waals surface area contributed by atoms with Crippen molar-refractivity contribution in [2.45, 2.75) is 13.5 Å². The van der Waals surface area contributed by atoms with E-state index >= 15 is 0 Å². The van der Waals surface area contributed by atoms with E-state index in [1.54, 1.807) is 16.7 Å². The number of Topliss-reactive ketones (excluding diaryl/α,β-unsaturated/α-hetero) is 1. The Hall–Kier alpha value is -1.69. The Morgan fingerprint density at radius 1 is 1.44 bits per heavy atom. The van der Waals surface area contributed by atoms with Gasteiger partial charge in [0, 0.05) is 17.0 Å². The van der Waals surface area contributed by atoms with Crippen molar-refractivity contribution in [1.29, 1.82) is 0 Å². The molecular weight excluding hydrogens is 296 g/mol. The van der Waals surface area contributed by atoms with E-state index in [1.807, 2.05) is 26.1 Å².